The van der Waals surface area contributed by atoms with Crippen molar-refractivity contribution in [2.75, 3.05) is 6.61 Å². The van der Waals surface area contributed by atoms with E-state index < -0.39 is 0 Å². The molecule has 0 spiro atoms. The average Bonchev–Trinajstić information content (AvgIpc) is 3.39. The summed E-state index contributed by atoms with van der Waals surface area (Å²) in [7, 11) is 0. The maximum Gasteiger partial charge on any atom is 0.162 e. The van der Waals surface area contributed by atoms with E-state index in [0.717, 1.165) is 49.3 Å². The predicted octanol–water partition coefficient (Wildman–Crippen LogP) is 3.35. The van der Waals surface area contributed by atoms with Crippen molar-refractivity contribution in [1.29, 1.82) is 0 Å². The van der Waals surface area contributed by atoms with Crippen LogP contribution in [-0.4, -0.2) is 32.4 Å². The van der Waals surface area contributed by atoms with Crippen LogP contribution in [0.15, 0.2) is 22.9 Å². The predicted molar refractivity (Wildman–Crippen MR) is 101 cm³/mol. The molecule has 5 fully saturated rings. The molecule has 7 nitrogen and oxygen atoms in total. The molecule has 4 aliphatic carbocycles. The van der Waals surface area contributed by atoms with Gasteiger partial charge in [0.05, 0.1) is 12.1 Å². The maximum absolute atomic E-state index is 6.16. The fraction of sp³-hybridized carbons (Fsp3) is 0.762. The van der Waals surface area contributed by atoms with E-state index in [1.165, 1.54) is 44.9 Å². The van der Waals surface area contributed by atoms with Crippen LogP contribution in [0.25, 0.3) is 0 Å². The van der Waals surface area contributed by atoms with Gasteiger partial charge in [0.15, 0.2) is 6.33 Å². The van der Waals surface area contributed by atoms with Gasteiger partial charge in [0.25, 0.3) is 0 Å². The molecule has 28 heavy (non-hydrogen) atoms. The van der Waals surface area contributed by atoms with Gasteiger partial charge in [-0.25, -0.2) is 0 Å². The van der Waals surface area contributed by atoms with Crippen LogP contribution in [0.1, 0.15) is 75.4 Å². The number of hydrogen-bond acceptors (Lipinski definition) is 6. The van der Waals surface area contributed by atoms with E-state index in [0.29, 0.717) is 0 Å². The second kappa shape index (κ2) is 6.39. The smallest absolute Gasteiger partial charge is 0.162 e. The Bertz CT molecular complexity index is 812. The van der Waals surface area contributed by atoms with Crippen LogP contribution >= 0.6 is 0 Å². The molecule has 1 aliphatic heterocycles. The number of nitrogens with zero attached hydrogens (tertiary/aromatic N) is 4. The van der Waals surface area contributed by atoms with E-state index >= 15 is 0 Å². The largest absolute Gasteiger partial charge is 0.462 e. The average molecular weight is 383 g/mol. The van der Waals surface area contributed by atoms with Gasteiger partial charge in [0.2, 0.25) is 0 Å². The highest BCUT2D eigenvalue weighted by molar-refractivity contribution is 5.15. The molecular formula is C21H29N5O2. The summed E-state index contributed by atoms with van der Waals surface area (Å²) in [6.07, 6.45) is 12.6. The lowest BCUT2D eigenvalue weighted by molar-refractivity contribution is -0.0858. The first-order chi connectivity index (χ1) is 13.7. The molecule has 1 N–H and O–H groups in total. The van der Waals surface area contributed by atoms with Crippen LogP contribution < -0.4 is 5.32 Å². The van der Waals surface area contributed by atoms with Crippen LogP contribution in [0.5, 0.6) is 0 Å². The van der Waals surface area contributed by atoms with E-state index in [9.17, 15) is 0 Å². The fourth-order valence-electron chi connectivity index (χ4n) is 6.94. The minimum atomic E-state index is 0.0534. The van der Waals surface area contributed by atoms with Crippen molar-refractivity contribution >= 4 is 0 Å². The van der Waals surface area contributed by atoms with Crippen LogP contribution in [0.4, 0.5) is 0 Å². The number of ether oxygens (including phenoxy) is 1. The van der Waals surface area contributed by atoms with Gasteiger partial charge < -0.3 is 14.5 Å². The number of rotatable bonds is 5. The molecule has 0 amide bonds. The summed E-state index contributed by atoms with van der Waals surface area (Å²) in [4.78, 5) is 1.92. The van der Waals surface area contributed by atoms with Gasteiger partial charge in [-0.2, -0.15) is 4.80 Å². The normalized spacial score (nSPS) is 39.5. The Morgan fingerprint density at radius 3 is 2.79 bits per heavy atom. The zero-order valence-electron chi connectivity index (χ0n) is 16.3. The quantitative estimate of drug-likeness (QED) is 0.853. The molecule has 0 aromatic carbocycles. The molecule has 0 radical (unpaired) electrons. The second-order valence-electron chi connectivity index (χ2n) is 9.70. The van der Waals surface area contributed by atoms with Crippen LogP contribution in [-0.2, 0) is 16.8 Å². The number of nitrogens with one attached hydrogen (secondary N) is 1. The number of hydrogen-bond donors (Lipinski definition) is 1. The molecule has 2 aromatic heterocycles. The van der Waals surface area contributed by atoms with Gasteiger partial charge in [0, 0.05) is 12.1 Å². The standard InChI is InChI=1S/C21H29N5O2/c1-2-6-27-18(3-1)19-5-4-17(28-19)12-22-20-8-15-7-16(9-20)11-21(10-15,13-20)26-24-14-23-25-26/h4-5,14-16,18,22H,1-3,6-13H2. The van der Waals surface area contributed by atoms with Crippen molar-refractivity contribution in [3.63, 3.8) is 0 Å². The Morgan fingerprint density at radius 2 is 2.04 bits per heavy atom. The van der Waals surface area contributed by atoms with E-state index in [1.807, 2.05) is 4.80 Å². The minimum absolute atomic E-state index is 0.0534. The van der Waals surface area contributed by atoms with E-state index in [4.69, 9.17) is 9.15 Å². The molecule has 4 bridgehead atoms. The molecule has 3 unspecified atom stereocenters. The van der Waals surface area contributed by atoms with Gasteiger partial charge in [-0.05, 0) is 87.0 Å². The van der Waals surface area contributed by atoms with Crippen LogP contribution in [0, 0.1) is 11.8 Å². The zero-order chi connectivity index (χ0) is 18.6. The third-order valence-corrected chi connectivity index (χ3v) is 7.62. The first-order valence-corrected chi connectivity index (χ1v) is 10.9. The number of furan rings is 1. The van der Waals surface area contributed by atoms with E-state index in [2.05, 4.69) is 32.9 Å². The second-order valence-corrected chi connectivity index (χ2v) is 9.70. The van der Waals surface area contributed by atoms with Crippen molar-refractivity contribution in [1.82, 2.24) is 25.5 Å². The molecule has 3 atom stereocenters. The molecule has 1 saturated heterocycles. The van der Waals surface area contributed by atoms with Gasteiger partial charge in [-0.15, -0.1) is 10.2 Å². The first-order valence-electron chi connectivity index (χ1n) is 10.9. The third kappa shape index (κ3) is 2.82. The highest BCUT2D eigenvalue weighted by atomic mass is 16.5. The van der Waals surface area contributed by atoms with Gasteiger partial charge >= 0.3 is 0 Å². The summed E-state index contributed by atoms with van der Waals surface area (Å²) < 4.78 is 12.0. The molecule has 3 heterocycles. The molecule has 2 aromatic rings. The Kier molecular flexibility index (Phi) is 3.91. The summed E-state index contributed by atoms with van der Waals surface area (Å²) in [5, 5.41) is 16.7. The van der Waals surface area contributed by atoms with Crippen molar-refractivity contribution < 1.29 is 9.15 Å². The van der Waals surface area contributed by atoms with Crippen LogP contribution in [0.3, 0.4) is 0 Å². The van der Waals surface area contributed by atoms with Crippen LogP contribution in [0.2, 0.25) is 0 Å². The third-order valence-electron chi connectivity index (χ3n) is 7.62. The monoisotopic (exact) mass is 383 g/mol. The Morgan fingerprint density at radius 1 is 1.14 bits per heavy atom. The Labute approximate surface area is 165 Å². The lowest BCUT2D eigenvalue weighted by atomic mass is 9.50. The van der Waals surface area contributed by atoms with Gasteiger partial charge in [-0.3, -0.25) is 0 Å². The molecule has 7 heteroatoms. The Hall–Kier alpha value is -1.73. The fourth-order valence-corrected chi connectivity index (χ4v) is 6.94. The summed E-state index contributed by atoms with van der Waals surface area (Å²) in [6.45, 7) is 1.64. The minimum Gasteiger partial charge on any atom is -0.462 e. The van der Waals surface area contributed by atoms with E-state index in [-0.39, 0.29) is 17.2 Å². The van der Waals surface area contributed by atoms with Crippen molar-refractivity contribution in [3.05, 3.63) is 30.0 Å². The van der Waals surface area contributed by atoms with Crippen molar-refractivity contribution in [2.45, 2.75) is 81.5 Å². The molecule has 7 rings (SSSR count). The van der Waals surface area contributed by atoms with Gasteiger partial charge in [-0.1, -0.05) is 0 Å². The van der Waals surface area contributed by atoms with E-state index in [1.54, 1.807) is 6.33 Å². The number of aromatic nitrogens is 4. The summed E-state index contributed by atoms with van der Waals surface area (Å²) in [5.41, 5.74) is 0.226. The molecule has 150 valence electrons. The topological polar surface area (TPSA) is 78.0 Å². The lowest BCUT2D eigenvalue weighted by Crippen LogP contribution is -2.65. The molecule has 5 aliphatic rings. The summed E-state index contributed by atoms with van der Waals surface area (Å²) in [5.74, 6) is 3.54. The molecular weight excluding hydrogens is 354 g/mol. The van der Waals surface area contributed by atoms with Crippen molar-refractivity contribution in [2.24, 2.45) is 11.8 Å². The summed E-state index contributed by atoms with van der Waals surface area (Å²) in [6, 6.07) is 4.23. The number of tetrazole rings is 1. The SMILES string of the molecule is c1nnn(C23CC4CC(CC(NCc5ccc(C6CCCCO6)o5)(C4)C2)C3)n1. The first kappa shape index (κ1) is 17.2. The lowest BCUT2D eigenvalue weighted by Gasteiger charge is -2.61. The van der Waals surface area contributed by atoms with Crippen molar-refractivity contribution in [3.8, 4) is 0 Å². The maximum atomic E-state index is 6.16. The highest BCUT2D eigenvalue weighted by Gasteiger charge is 2.59. The molecule has 4 saturated carbocycles. The highest BCUT2D eigenvalue weighted by Crippen LogP contribution is 2.60. The Balaban J connectivity index is 1.19. The van der Waals surface area contributed by atoms with Gasteiger partial charge in [0.1, 0.15) is 17.6 Å². The summed E-state index contributed by atoms with van der Waals surface area (Å²) >= 11 is 0. The zero-order valence-corrected chi connectivity index (χ0v) is 16.3.